The van der Waals surface area contributed by atoms with Gasteiger partial charge in [0.2, 0.25) is 0 Å². The number of nitrogens with two attached hydrogens (primary N) is 1. The van der Waals surface area contributed by atoms with Gasteiger partial charge in [-0.05, 0) is 62.2 Å². The predicted octanol–water partition coefficient (Wildman–Crippen LogP) is 5.19. The van der Waals surface area contributed by atoms with Gasteiger partial charge in [0.25, 0.3) is 0 Å². The second kappa shape index (κ2) is 8.46. The van der Waals surface area contributed by atoms with E-state index in [4.69, 9.17) is 15.2 Å². The average Bonchev–Trinajstić information content (AvgIpc) is 3.23. The van der Waals surface area contributed by atoms with Crippen molar-refractivity contribution in [2.24, 2.45) is 0 Å². The lowest BCUT2D eigenvalue weighted by atomic mass is 9.96. The lowest BCUT2D eigenvalue weighted by Crippen LogP contribution is -2.16. The zero-order chi connectivity index (χ0) is 23.0. The van der Waals surface area contributed by atoms with Gasteiger partial charge in [0.1, 0.15) is 11.9 Å². The molecular weight excluding hydrogens is 421 g/mol. The standard InChI is InChI=1S/C23H25F3N4O2/c1-12-19(8-15(27)9-21(12)23(24,25)26)13(2)28-22-20-10-16(32-17-6-7-31-11-17)4-5-18(20)14(3)29-30-22/h4-5,8-10,13,17H,6-7,11,27H2,1-3H3,(H,28,30)/t13-,17?/m1/s1. The van der Waals surface area contributed by atoms with E-state index in [0.717, 1.165) is 29.0 Å². The van der Waals surface area contributed by atoms with Crippen molar-refractivity contribution < 1.29 is 22.6 Å². The van der Waals surface area contributed by atoms with E-state index in [1.165, 1.54) is 6.92 Å². The van der Waals surface area contributed by atoms with Gasteiger partial charge in [-0.15, -0.1) is 5.10 Å². The van der Waals surface area contributed by atoms with Crippen molar-refractivity contribution in [3.63, 3.8) is 0 Å². The fourth-order valence-corrected chi connectivity index (χ4v) is 4.03. The molecule has 1 aliphatic rings. The molecule has 2 heterocycles. The number of halogens is 3. The van der Waals surface area contributed by atoms with Gasteiger partial charge in [-0.2, -0.15) is 18.3 Å². The molecule has 1 aromatic heterocycles. The highest BCUT2D eigenvalue weighted by Crippen LogP contribution is 2.37. The normalized spacial score (nSPS) is 17.5. The first-order chi connectivity index (χ1) is 15.1. The summed E-state index contributed by atoms with van der Waals surface area (Å²) in [4.78, 5) is 0. The number of hydrogen-bond acceptors (Lipinski definition) is 6. The molecule has 2 atom stereocenters. The van der Waals surface area contributed by atoms with Crippen LogP contribution in [0.15, 0.2) is 30.3 Å². The smallest absolute Gasteiger partial charge is 0.416 e. The lowest BCUT2D eigenvalue weighted by molar-refractivity contribution is -0.138. The number of rotatable bonds is 5. The van der Waals surface area contributed by atoms with E-state index < -0.39 is 17.8 Å². The molecule has 32 heavy (non-hydrogen) atoms. The number of nitrogens with zero attached hydrogens (tertiary/aromatic N) is 2. The van der Waals surface area contributed by atoms with Crippen LogP contribution < -0.4 is 15.8 Å². The van der Waals surface area contributed by atoms with Crippen LogP contribution in [0, 0.1) is 13.8 Å². The van der Waals surface area contributed by atoms with Crippen molar-refractivity contribution >= 4 is 22.3 Å². The van der Waals surface area contributed by atoms with Gasteiger partial charge in [-0.25, -0.2) is 0 Å². The van der Waals surface area contributed by atoms with Gasteiger partial charge in [0, 0.05) is 22.9 Å². The van der Waals surface area contributed by atoms with Crippen LogP contribution in [0.2, 0.25) is 0 Å². The highest BCUT2D eigenvalue weighted by molar-refractivity contribution is 5.94. The summed E-state index contributed by atoms with van der Waals surface area (Å²) in [6, 6.07) is 7.68. The van der Waals surface area contributed by atoms with Crippen LogP contribution in [0.4, 0.5) is 24.7 Å². The Balaban J connectivity index is 1.69. The van der Waals surface area contributed by atoms with E-state index in [0.29, 0.717) is 30.3 Å². The molecular formula is C23H25F3N4O2. The van der Waals surface area contributed by atoms with Gasteiger partial charge in [0.15, 0.2) is 5.82 Å². The summed E-state index contributed by atoms with van der Waals surface area (Å²) in [7, 11) is 0. The van der Waals surface area contributed by atoms with Gasteiger partial charge in [0.05, 0.1) is 30.5 Å². The maximum atomic E-state index is 13.4. The van der Waals surface area contributed by atoms with Gasteiger partial charge in [-0.1, -0.05) is 0 Å². The fourth-order valence-electron chi connectivity index (χ4n) is 4.03. The molecule has 0 spiro atoms. The number of hydrogen-bond donors (Lipinski definition) is 2. The third-order valence-corrected chi connectivity index (χ3v) is 5.72. The number of ether oxygens (including phenoxy) is 2. The van der Waals surface area contributed by atoms with Crippen LogP contribution in [0.3, 0.4) is 0 Å². The minimum absolute atomic E-state index is 0.00518. The van der Waals surface area contributed by atoms with E-state index in [1.807, 2.05) is 25.1 Å². The summed E-state index contributed by atoms with van der Waals surface area (Å²) in [6.07, 6.45) is -3.67. The summed E-state index contributed by atoms with van der Waals surface area (Å²) >= 11 is 0. The van der Waals surface area contributed by atoms with Crippen molar-refractivity contribution in [3.05, 3.63) is 52.7 Å². The molecule has 2 aromatic carbocycles. The van der Waals surface area contributed by atoms with Crippen molar-refractivity contribution in [1.82, 2.24) is 10.2 Å². The molecule has 0 bridgehead atoms. The number of nitrogens with one attached hydrogen (secondary N) is 1. The Kier molecular flexibility index (Phi) is 5.85. The predicted molar refractivity (Wildman–Crippen MR) is 117 cm³/mol. The Labute approximate surface area is 183 Å². The highest BCUT2D eigenvalue weighted by atomic mass is 19.4. The molecule has 0 aliphatic carbocycles. The maximum absolute atomic E-state index is 13.4. The van der Waals surface area contributed by atoms with Gasteiger partial charge in [-0.3, -0.25) is 0 Å². The molecule has 1 aliphatic heterocycles. The molecule has 0 radical (unpaired) electrons. The second-order valence-electron chi connectivity index (χ2n) is 8.09. The van der Waals surface area contributed by atoms with Crippen LogP contribution in [0.5, 0.6) is 5.75 Å². The van der Waals surface area contributed by atoms with Crippen LogP contribution in [0.1, 0.15) is 41.8 Å². The van der Waals surface area contributed by atoms with Crippen LogP contribution in [-0.4, -0.2) is 29.5 Å². The number of fused-ring (bicyclic) bond motifs is 1. The van der Waals surface area contributed by atoms with Crippen LogP contribution in [0.25, 0.3) is 10.8 Å². The fraction of sp³-hybridized carbons (Fsp3) is 0.391. The molecule has 1 saturated heterocycles. The van der Waals surface area contributed by atoms with Gasteiger partial charge >= 0.3 is 6.18 Å². The summed E-state index contributed by atoms with van der Waals surface area (Å²) in [5, 5.41) is 13.4. The number of benzene rings is 2. The third-order valence-electron chi connectivity index (χ3n) is 5.72. The minimum Gasteiger partial charge on any atom is -0.488 e. The quantitative estimate of drug-likeness (QED) is 0.525. The first kappa shape index (κ1) is 22.1. The summed E-state index contributed by atoms with van der Waals surface area (Å²) in [6.45, 7) is 6.29. The Hall–Kier alpha value is -3.07. The van der Waals surface area contributed by atoms with Crippen LogP contribution in [-0.2, 0) is 10.9 Å². The molecule has 0 saturated carbocycles. The zero-order valence-corrected chi connectivity index (χ0v) is 18.1. The highest BCUT2D eigenvalue weighted by Gasteiger charge is 2.34. The molecule has 9 heteroatoms. The molecule has 170 valence electrons. The van der Waals surface area contributed by atoms with Crippen molar-refractivity contribution in [2.45, 2.75) is 45.5 Å². The zero-order valence-electron chi connectivity index (χ0n) is 18.1. The minimum atomic E-state index is -4.49. The number of aryl methyl sites for hydroxylation is 1. The SMILES string of the molecule is Cc1c([C@@H](C)Nc2nnc(C)c3ccc(OC4CCOC4)cc23)cc(N)cc1C(F)(F)F. The summed E-state index contributed by atoms with van der Waals surface area (Å²) in [5.41, 5.74) is 6.42. The molecule has 3 aromatic rings. The number of nitrogen functional groups attached to an aromatic ring is 1. The number of alkyl halides is 3. The Bertz CT molecular complexity index is 1140. The first-order valence-corrected chi connectivity index (χ1v) is 10.4. The van der Waals surface area contributed by atoms with Crippen LogP contribution >= 0.6 is 0 Å². The number of aromatic nitrogens is 2. The second-order valence-corrected chi connectivity index (χ2v) is 8.09. The largest absolute Gasteiger partial charge is 0.488 e. The molecule has 1 fully saturated rings. The van der Waals surface area contributed by atoms with Crippen molar-refractivity contribution in [2.75, 3.05) is 24.3 Å². The maximum Gasteiger partial charge on any atom is 0.416 e. The van der Waals surface area contributed by atoms with E-state index in [-0.39, 0.29) is 17.4 Å². The van der Waals surface area contributed by atoms with E-state index in [9.17, 15) is 13.2 Å². The van der Waals surface area contributed by atoms with E-state index in [1.54, 1.807) is 13.0 Å². The Morgan fingerprint density at radius 1 is 1.16 bits per heavy atom. The molecule has 3 N–H and O–H groups in total. The molecule has 4 rings (SSSR count). The average molecular weight is 446 g/mol. The summed E-state index contributed by atoms with van der Waals surface area (Å²) < 4.78 is 51.7. The Morgan fingerprint density at radius 3 is 2.62 bits per heavy atom. The van der Waals surface area contributed by atoms with Crippen molar-refractivity contribution in [1.29, 1.82) is 0 Å². The summed E-state index contributed by atoms with van der Waals surface area (Å²) in [5.74, 6) is 1.14. The first-order valence-electron chi connectivity index (χ1n) is 10.4. The topological polar surface area (TPSA) is 82.3 Å². The number of anilines is 2. The van der Waals surface area contributed by atoms with Gasteiger partial charge < -0.3 is 20.5 Å². The molecule has 1 unspecified atom stereocenters. The van der Waals surface area contributed by atoms with E-state index >= 15 is 0 Å². The molecule has 0 amide bonds. The Morgan fingerprint density at radius 2 is 1.94 bits per heavy atom. The lowest BCUT2D eigenvalue weighted by Gasteiger charge is -2.22. The third kappa shape index (κ3) is 4.43. The van der Waals surface area contributed by atoms with E-state index in [2.05, 4.69) is 15.5 Å². The monoisotopic (exact) mass is 446 g/mol. The molecule has 6 nitrogen and oxygen atoms in total. The van der Waals surface area contributed by atoms with Crippen molar-refractivity contribution in [3.8, 4) is 5.75 Å².